The van der Waals surface area contributed by atoms with E-state index >= 15 is 0 Å². The lowest BCUT2D eigenvalue weighted by Gasteiger charge is -2.13. The Bertz CT molecular complexity index is 756. The fraction of sp³-hybridized carbons (Fsp3) is 0.214. The molecule has 20 heavy (non-hydrogen) atoms. The second-order valence-electron chi connectivity index (χ2n) is 4.56. The van der Waals surface area contributed by atoms with Gasteiger partial charge in [0.15, 0.2) is 0 Å². The van der Waals surface area contributed by atoms with Gasteiger partial charge in [-0.05, 0) is 32.0 Å². The van der Waals surface area contributed by atoms with Crippen LogP contribution in [0, 0.1) is 6.92 Å². The average Bonchev–Trinajstić information content (AvgIpc) is 2.85. The first kappa shape index (κ1) is 13.3. The molecule has 0 spiro atoms. The molecule has 3 rings (SSSR count). The summed E-state index contributed by atoms with van der Waals surface area (Å²) in [5.74, 6) is 0.798. The number of benzene rings is 1. The van der Waals surface area contributed by atoms with E-state index in [2.05, 4.69) is 34.1 Å². The normalized spacial score (nSPS) is 12.6. The van der Waals surface area contributed by atoms with E-state index < -0.39 is 0 Å². The lowest BCUT2D eigenvalue weighted by molar-refractivity contribution is 0.862. The molecule has 0 saturated carbocycles. The summed E-state index contributed by atoms with van der Waals surface area (Å²) in [5, 5.41) is 6.06. The topological polar surface area (TPSA) is 50.7 Å². The van der Waals surface area contributed by atoms with Gasteiger partial charge in [0, 0.05) is 21.5 Å². The molecule has 0 aliphatic carbocycles. The van der Waals surface area contributed by atoms with E-state index in [0.29, 0.717) is 5.02 Å². The number of fused-ring (bicyclic) bond motifs is 1. The monoisotopic (exact) mass is 304 g/mol. The Morgan fingerprint density at radius 1 is 1.25 bits per heavy atom. The van der Waals surface area contributed by atoms with Gasteiger partial charge in [-0.2, -0.15) is 0 Å². The van der Waals surface area contributed by atoms with Crippen LogP contribution in [0.4, 0.5) is 5.82 Å². The lowest BCUT2D eigenvalue weighted by Crippen LogP contribution is -2.08. The van der Waals surface area contributed by atoms with E-state index in [0.717, 1.165) is 21.7 Å². The van der Waals surface area contributed by atoms with Crippen LogP contribution in [0.5, 0.6) is 0 Å². The van der Waals surface area contributed by atoms with E-state index in [1.807, 2.05) is 24.4 Å². The van der Waals surface area contributed by atoms with Crippen molar-refractivity contribution in [2.45, 2.75) is 19.9 Å². The van der Waals surface area contributed by atoms with Gasteiger partial charge in [0.2, 0.25) is 0 Å². The van der Waals surface area contributed by atoms with Crippen LogP contribution in [-0.2, 0) is 0 Å². The van der Waals surface area contributed by atoms with Crippen LogP contribution >= 0.6 is 22.9 Å². The molecule has 0 amide bonds. The zero-order chi connectivity index (χ0) is 14.1. The molecule has 1 aromatic carbocycles. The summed E-state index contributed by atoms with van der Waals surface area (Å²) in [6.45, 7) is 4.12. The molecule has 1 unspecified atom stereocenters. The molecule has 0 radical (unpaired) electrons. The van der Waals surface area contributed by atoms with Crippen LogP contribution in [0.25, 0.3) is 10.9 Å². The first-order chi connectivity index (χ1) is 9.63. The zero-order valence-electron chi connectivity index (χ0n) is 11.1. The quantitative estimate of drug-likeness (QED) is 0.787. The highest BCUT2D eigenvalue weighted by atomic mass is 35.5. The van der Waals surface area contributed by atoms with Crippen molar-refractivity contribution < 1.29 is 0 Å². The largest absolute Gasteiger partial charge is 0.360 e. The smallest absolute Gasteiger partial charge is 0.137 e. The minimum absolute atomic E-state index is 0.0995. The average molecular weight is 305 g/mol. The molecule has 4 nitrogen and oxygen atoms in total. The van der Waals surface area contributed by atoms with Crippen molar-refractivity contribution in [1.82, 2.24) is 15.0 Å². The van der Waals surface area contributed by atoms with Gasteiger partial charge in [0.1, 0.15) is 17.2 Å². The number of aryl methyl sites for hydroxylation is 1. The Labute approximate surface area is 125 Å². The first-order valence-electron chi connectivity index (χ1n) is 6.22. The lowest BCUT2D eigenvalue weighted by atomic mass is 10.2. The minimum atomic E-state index is 0.0995. The van der Waals surface area contributed by atoms with Crippen LogP contribution in [0.1, 0.15) is 22.9 Å². The van der Waals surface area contributed by atoms with Crippen molar-refractivity contribution in [3.63, 3.8) is 0 Å². The second kappa shape index (κ2) is 5.34. The maximum Gasteiger partial charge on any atom is 0.137 e. The SMILES string of the molecule is Cc1cnc(C(C)Nc2ncnc3cc(Cl)ccc23)s1. The van der Waals surface area contributed by atoms with E-state index in [4.69, 9.17) is 11.6 Å². The third kappa shape index (κ3) is 2.59. The third-order valence-electron chi connectivity index (χ3n) is 2.96. The van der Waals surface area contributed by atoms with Crippen molar-refractivity contribution in [2.24, 2.45) is 0 Å². The standard InChI is InChI=1S/C14H13ClN4S/c1-8-6-16-14(20-8)9(2)19-13-11-4-3-10(15)5-12(11)17-7-18-13/h3-7,9H,1-2H3,(H,17,18,19). The molecule has 1 atom stereocenters. The first-order valence-corrected chi connectivity index (χ1v) is 7.42. The van der Waals surface area contributed by atoms with Gasteiger partial charge in [-0.15, -0.1) is 11.3 Å². The van der Waals surface area contributed by atoms with Crippen molar-refractivity contribution in [2.75, 3.05) is 5.32 Å². The summed E-state index contributed by atoms with van der Waals surface area (Å²) >= 11 is 7.67. The Hall–Kier alpha value is -1.72. The summed E-state index contributed by atoms with van der Waals surface area (Å²) in [6.07, 6.45) is 3.43. The molecule has 0 bridgehead atoms. The maximum absolute atomic E-state index is 5.99. The van der Waals surface area contributed by atoms with Gasteiger partial charge in [0.25, 0.3) is 0 Å². The van der Waals surface area contributed by atoms with Gasteiger partial charge in [0.05, 0.1) is 11.6 Å². The van der Waals surface area contributed by atoms with Crippen LogP contribution < -0.4 is 5.32 Å². The number of nitrogens with zero attached hydrogens (tertiary/aromatic N) is 3. The fourth-order valence-electron chi connectivity index (χ4n) is 1.98. The molecule has 2 heterocycles. The van der Waals surface area contributed by atoms with Crippen LogP contribution in [0.3, 0.4) is 0 Å². The molecular formula is C14H13ClN4S. The highest BCUT2D eigenvalue weighted by Crippen LogP contribution is 2.27. The minimum Gasteiger partial charge on any atom is -0.360 e. The highest BCUT2D eigenvalue weighted by molar-refractivity contribution is 7.11. The summed E-state index contributed by atoms with van der Waals surface area (Å²) in [5.41, 5.74) is 0.831. The molecule has 0 saturated heterocycles. The number of thiazole rings is 1. The molecule has 2 aromatic heterocycles. The summed E-state index contributed by atoms with van der Waals surface area (Å²) in [4.78, 5) is 14.2. The van der Waals surface area contributed by atoms with Crippen molar-refractivity contribution in [3.05, 3.63) is 45.6 Å². The summed E-state index contributed by atoms with van der Waals surface area (Å²) in [6, 6.07) is 5.71. The Morgan fingerprint density at radius 3 is 2.85 bits per heavy atom. The maximum atomic E-state index is 5.99. The second-order valence-corrected chi connectivity index (χ2v) is 6.26. The van der Waals surface area contributed by atoms with Crippen molar-refractivity contribution in [1.29, 1.82) is 0 Å². The fourth-order valence-corrected chi connectivity index (χ4v) is 2.93. The van der Waals surface area contributed by atoms with Crippen molar-refractivity contribution in [3.8, 4) is 0 Å². The van der Waals surface area contributed by atoms with E-state index in [1.165, 1.54) is 4.88 Å². The molecule has 102 valence electrons. The molecule has 0 aliphatic rings. The zero-order valence-corrected chi connectivity index (χ0v) is 12.7. The predicted octanol–water partition coefficient (Wildman–Crippen LogP) is 4.22. The number of hydrogen-bond acceptors (Lipinski definition) is 5. The predicted molar refractivity (Wildman–Crippen MR) is 83.4 cm³/mol. The van der Waals surface area contributed by atoms with Gasteiger partial charge in [-0.1, -0.05) is 11.6 Å². The molecule has 0 fully saturated rings. The number of halogens is 1. The summed E-state index contributed by atoms with van der Waals surface area (Å²) in [7, 11) is 0. The van der Waals surface area contributed by atoms with Gasteiger partial charge >= 0.3 is 0 Å². The third-order valence-corrected chi connectivity index (χ3v) is 4.29. The van der Waals surface area contributed by atoms with Gasteiger partial charge < -0.3 is 5.32 Å². The van der Waals surface area contributed by atoms with Crippen molar-refractivity contribution >= 4 is 39.7 Å². The number of hydrogen-bond donors (Lipinski definition) is 1. The number of aromatic nitrogens is 3. The number of rotatable bonds is 3. The van der Waals surface area contributed by atoms with Gasteiger partial charge in [-0.25, -0.2) is 15.0 Å². The van der Waals surface area contributed by atoms with E-state index in [-0.39, 0.29) is 6.04 Å². The molecular weight excluding hydrogens is 292 g/mol. The van der Waals surface area contributed by atoms with Crippen LogP contribution in [-0.4, -0.2) is 15.0 Å². The number of anilines is 1. The van der Waals surface area contributed by atoms with Crippen LogP contribution in [0.2, 0.25) is 5.02 Å². The van der Waals surface area contributed by atoms with Crippen LogP contribution in [0.15, 0.2) is 30.7 Å². The Morgan fingerprint density at radius 2 is 2.10 bits per heavy atom. The van der Waals surface area contributed by atoms with E-state index in [9.17, 15) is 0 Å². The van der Waals surface area contributed by atoms with Gasteiger partial charge in [-0.3, -0.25) is 0 Å². The Kier molecular flexibility index (Phi) is 3.54. The Balaban J connectivity index is 1.94. The highest BCUT2D eigenvalue weighted by Gasteiger charge is 2.12. The van der Waals surface area contributed by atoms with E-state index in [1.54, 1.807) is 17.7 Å². The number of nitrogens with one attached hydrogen (secondary N) is 1. The molecule has 1 N–H and O–H groups in total. The molecule has 3 aromatic rings. The molecule has 0 aliphatic heterocycles. The molecule has 6 heteroatoms. The summed E-state index contributed by atoms with van der Waals surface area (Å²) < 4.78 is 0.